The average molecular weight is 368 g/mol. The number of amides is 1. The molecule has 0 aliphatic heterocycles. The number of benzene rings is 1. The molecule has 26 heavy (non-hydrogen) atoms. The van der Waals surface area contributed by atoms with Crippen molar-refractivity contribution in [2.45, 2.75) is 19.9 Å². The molecule has 1 aromatic carbocycles. The van der Waals surface area contributed by atoms with Gasteiger partial charge in [-0.25, -0.2) is 14.2 Å². The number of fused-ring (bicyclic) bond motifs is 2. The van der Waals surface area contributed by atoms with E-state index in [9.17, 15) is 9.59 Å². The van der Waals surface area contributed by atoms with E-state index in [1.165, 1.54) is 16.0 Å². The zero-order chi connectivity index (χ0) is 18.1. The van der Waals surface area contributed by atoms with Crippen molar-refractivity contribution in [1.82, 2.24) is 29.7 Å². The van der Waals surface area contributed by atoms with Gasteiger partial charge < -0.3 is 5.32 Å². The zero-order valence-corrected chi connectivity index (χ0v) is 14.9. The van der Waals surface area contributed by atoms with Crippen LogP contribution in [0.2, 0.25) is 0 Å². The van der Waals surface area contributed by atoms with E-state index in [4.69, 9.17) is 0 Å². The highest BCUT2D eigenvalue weighted by atomic mass is 32.1. The fourth-order valence-electron chi connectivity index (χ4n) is 2.73. The smallest absolute Gasteiger partial charge is 0.275 e. The zero-order valence-electron chi connectivity index (χ0n) is 14.0. The van der Waals surface area contributed by atoms with Crippen molar-refractivity contribution in [2.75, 3.05) is 6.54 Å². The number of imidazole rings is 1. The summed E-state index contributed by atoms with van der Waals surface area (Å²) >= 11 is 1.52. The summed E-state index contributed by atoms with van der Waals surface area (Å²) in [7, 11) is 0. The molecule has 0 atom stereocenters. The summed E-state index contributed by atoms with van der Waals surface area (Å²) in [5.74, 6) is -0.259. The van der Waals surface area contributed by atoms with Crippen LogP contribution in [-0.2, 0) is 17.8 Å². The second-order valence-corrected chi connectivity index (χ2v) is 7.04. The Kier molecular flexibility index (Phi) is 4.21. The Morgan fingerprint density at radius 3 is 3.00 bits per heavy atom. The Hall–Kier alpha value is -3.07. The number of hydrogen-bond acceptors (Lipinski definition) is 6. The first-order valence-corrected chi connectivity index (χ1v) is 8.95. The SMILES string of the molecule is Cc1nn2cc(CCNC(=O)Cn3ncc4ccccc4c3=O)nc2s1. The summed E-state index contributed by atoms with van der Waals surface area (Å²) in [5.41, 5.74) is 0.596. The van der Waals surface area contributed by atoms with Crippen LogP contribution in [0.1, 0.15) is 10.7 Å². The normalized spacial score (nSPS) is 11.3. The second kappa shape index (κ2) is 6.68. The maximum absolute atomic E-state index is 12.4. The van der Waals surface area contributed by atoms with E-state index in [2.05, 4.69) is 20.5 Å². The van der Waals surface area contributed by atoms with Crippen molar-refractivity contribution in [3.63, 3.8) is 0 Å². The third-order valence-electron chi connectivity index (χ3n) is 3.95. The predicted molar refractivity (Wildman–Crippen MR) is 98.3 cm³/mol. The molecule has 0 unspecified atom stereocenters. The number of hydrogen-bond donors (Lipinski definition) is 1. The lowest BCUT2D eigenvalue weighted by atomic mass is 10.2. The second-order valence-electron chi connectivity index (χ2n) is 5.88. The van der Waals surface area contributed by atoms with Crippen molar-refractivity contribution in [1.29, 1.82) is 0 Å². The third kappa shape index (κ3) is 3.21. The van der Waals surface area contributed by atoms with Crippen LogP contribution in [0, 0.1) is 6.92 Å². The maximum Gasteiger partial charge on any atom is 0.275 e. The first-order valence-electron chi connectivity index (χ1n) is 8.13. The van der Waals surface area contributed by atoms with Gasteiger partial charge in [0.1, 0.15) is 11.6 Å². The highest BCUT2D eigenvalue weighted by Crippen LogP contribution is 2.13. The number of rotatable bonds is 5. The Balaban J connectivity index is 1.37. The first kappa shape index (κ1) is 16.4. The number of nitrogens with one attached hydrogen (secondary N) is 1. The van der Waals surface area contributed by atoms with Gasteiger partial charge in [-0.2, -0.15) is 10.2 Å². The van der Waals surface area contributed by atoms with Gasteiger partial charge in [-0.05, 0) is 13.0 Å². The molecule has 3 heterocycles. The van der Waals surface area contributed by atoms with E-state index < -0.39 is 0 Å². The number of nitrogens with zero attached hydrogens (tertiary/aromatic N) is 5. The van der Waals surface area contributed by atoms with Crippen molar-refractivity contribution >= 4 is 33.0 Å². The molecule has 3 aromatic heterocycles. The summed E-state index contributed by atoms with van der Waals surface area (Å²) < 4.78 is 2.92. The number of aromatic nitrogens is 5. The minimum Gasteiger partial charge on any atom is -0.354 e. The van der Waals surface area contributed by atoms with Crippen LogP contribution in [0.15, 0.2) is 41.5 Å². The van der Waals surface area contributed by atoms with Crippen LogP contribution in [0.25, 0.3) is 15.7 Å². The lowest BCUT2D eigenvalue weighted by Gasteiger charge is -2.07. The summed E-state index contributed by atoms with van der Waals surface area (Å²) in [6.07, 6.45) is 4.05. The molecular weight excluding hydrogens is 352 g/mol. The quantitative estimate of drug-likeness (QED) is 0.571. The van der Waals surface area contributed by atoms with Gasteiger partial charge in [0.25, 0.3) is 5.56 Å². The molecule has 0 saturated carbocycles. The summed E-state index contributed by atoms with van der Waals surface area (Å²) in [6, 6.07) is 7.19. The molecule has 8 nitrogen and oxygen atoms in total. The number of carbonyl (C=O) groups excluding carboxylic acids is 1. The van der Waals surface area contributed by atoms with Crippen LogP contribution < -0.4 is 10.9 Å². The topological polar surface area (TPSA) is 94.2 Å². The first-order chi connectivity index (χ1) is 12.6. The van der Waals surface area contributed by atoms with Gasteiger partial charge in [0.15, 0.2) is 0 Å². The molecule has 0 bridgehead atoms. The van der Waals surface area contributed by atoms with Gasteiger partial charge in [0, 0.05) is 18.4 Å². The minimum atomic E-state index is -0.269. The predicted octanol–water partition coefficient (Wildman–Crippen LogP) is 1.17. The molecule has 9 heteroatoms. The van der Waals surface area contributed by atoms with Crippen molar-refractivity contribution in [3.05, 3.63) is 57.7 Å². The van der Waals surface area contributed by atoms with Gasteiger partial charge in [0.2, 0.25) is 10.9 Å². The van der Waals surface area contributed by atoms with Crippen molar-refractivity contribution < 1.29 is 4.79 Å². The Morgan fingerprint density at radius 1 is 1.31 bits per heavy atom. The van der Waals surface area contributed by atoms with Crippen LogP contribution in [0.4, 0.5) is 0 Å². The molecule has 132 valence electrons. The van der Waals surface area contributed by atoms with Gasteiger partial charge in [-0.15, -0.1) is 0 Å². The lowest BCUT2D eigenvalue weighted by molar-refractivity contribution is -0.121. The highest BCUT2D eigenvalue weighted by Gasteiger charge is 2.09. The summed E-state index contributed by atoms with van der Waals surface area (Å²) in [5, 5.41) is 13.4. The van der Waals surface area contributed by atoms with E-state index in [1.807, 2.05) is 25.3 Å². The Morgan fingerprint density at radius 2 is 2.15 bits per heavy atom. The standard InChI is InChI=1S/C17H16N6O2S/c1-11-21-23-9-13(20-17(23)26-11)6-7-18-15(24)10-22-16(25)14-5-3-2-4-12(14)8-19-22/h2-5,8-9H,6-7,10H2,1H3,(H,18,24). The van der Waals surface area contributed by atoms with Gasteiger partial charge in [-0.1, -0.05) is 29.5 Å². The molecule has 0 aliphatic carbocycles. The van der Waals surface area contributed by atoms with Crippen LogP contribution in [-0.4, -0.2) is 36.8 Å². The average Bonchev–Trinajstić information content (AvgIpc) is 3.14. The van der Waals surface area contributed by atoms with Gasteiger partial charge in [0.05, 0.1) is 23.5 Å². The van der Waals surface area contributed by atoms with E-state index in [1.54, 1.807) is 22.8 Å². The van der Waals surface area contributed by atoms with Crippen molar-refractivity contribution in [3.8, 4) is 0 Å². The molecule has 0 fully saturated rings. The molecular formula is C17H16N6O2S. The molecule has 1 N–H and O–H groups in total. The summed E-state index contributed by atoms with van der Waals surface area (Å²) in [4.78, 5) is 29.8. The summed E-state index contributed by atoms with van der Waals surface area (Å²) in [6.45, 7) is 2.26. The lowest BCUT2D eigenvalue weighted by Crippen LogP contribution is -2.34. The van der Waals surface area contributed by atoms with E-state index in [0.29, 0.717) is 18.4 Å². The number of carbonyl (C=O) groups is 1. The monoisotopic (exact) mass is 368 g/mol. The van der Waals surface area contributed by atoms with E-state index in [-0.39, 0.29) is 18.0 Å². The Bertz CT molecular complexity index is 1130. The molecule has 0 radical (unpaired) electrons. The molecule has 0 saturated heterocycles. The fourth-order valence-corrected chi connectivity index (χ4v) is 3.47. The van der Waals surface area contributed by atoms with Gasteiger partial charge in [-0.3, -0.25) is 9.59 Å². The van der Waals surface area contributed by atoms with Crippen LogP contribution in [0.5, 0.6) is 0 Å². The molecule has 4 aromatic rings. The van der Waals surface area contributed by atoms with Crippen LogP contribution in [0.3, 0.4) is 0 Å². The third-order valence-corrected chi connectivity index (χ3v) is 4.79. The van der Waals surface area contributed by atoms with Crippen LogP contribution >= 0.6 is 11.3 Å². The minimum absolute atomic E-state index is 0.108. The molecule has 4 rings (SSSR count). The molecule has 0 spiro atoms. The molecule has 1 amide bonds. The largest absolute Gasteiger partial charge is 0.354 e. The van der Waals surface area contributed by atoms with E-state index in [0.717, 1.165) is 21.0 Å². The highest BCUT2D eigenvalue weighted by molar-refractivity contribution is 7.16. The van der Waals surface area contributed by atoms with E-state index >= 15 is 0 Å². The fraction of sp³-hybridized carbons (Fsp3) is 0.235. The number of aryl methyl sites for hydroxylation is 1. The van der Waals surface area contributed by atoms with Crippen molar-refractivity contribution in [2.24, 2.45) is 0 Å². The molecule has 0 aliphatic rings. The Labute approximate surface area is 152 Å². The maximum atomic E-state index is 12.4. The van der Waals surface area contributed by atoms with Gasteiger partial charge >= 0.3 is 0 Å².